The molecule has 0 amide bonds. The van der Waals surface area contributed by atoms with Gasteiger partial charge in [-0.15, -0.1) is 0 Å². The van der Waals surface area contributed by atoms with Gasteiger partial charge in [-0.2, -0.15) is 0 Å². The summed E-state index contributed by atoms with van der Waals surface area (Å²) in [5.74, 6) is -0.968. The number of rotatable bonds is 1. The first-order chi connectivity index (χ1) is 3.27. The van der Waals surface area contributed by atoms with Crippen LogP contribution in [-0.2, 0) is 4.79 Å². The Hall–Kier alpha value is 0.252. The second-order valence-corrected chi connectivity index (χ2v) is 0.598. The van der Waals surface area contributed by atoms with E-state index in [4.69, 9.17) is 15.2 Å². The second kappa shape index (κ2) is 9.54. The van der Waals surface area contributed by atoms with Gasteiger partial charge >= 0.3 is 21.3 Å². The molecule has 0 heterocycles. The van der Waals surface area contributed by atoms with Crippen LogP contribution in [0.1, 0.15) is 0 Å². The van der Waals surface area contributed by atoms with Gasteiger partial charge in [0.1, 0.15) is 0 Å². The van der Waals surface area contributed by atoms with Crippen LogP contribution < -0.4 is 5.73 Å². The summed E-state index contributed by atoms with van der Waals surface area (Å²) in [5.41, 5.74) is 4.57. The number of nitrogens with two attached hydrogens (primary N) is 1. The SMILES string of the molecule is NCC(=O)O.[AlH2][Cl]. The lowest BCUT2D eigenvalue weighted by atomic mass is 10.7. The minimum atomic E-state index is -0.968. The highest BCUT2D eigenvalue weighted by molar-refractivity contribution is 6.80. The lowest BCUT2D eigenvalue weighted by Crippen LogP contribution is -2.10. The van der Waals surface area contributed by atoms with Crippen molar-refractivity contribution in [2.45, 2.75) is 0 Å². The van der Waals surface area contributed by atoms with E-state index in [1.807, 2.05) is 0 Å². The normalized spacial score (nSPS) is 6.00. The fourth-order valence-corrected chi connectivity index (χ4v) is 0. The summed E-state index contributed by atoms with van der Waals surface area (Å²) in [7, 11) is 4.78. The van der Waals surface area contributed by atoms with Gasteiger partial charge in [-0.25, -0.2) is 0 Å². The first kappa shape index (κ1) is 10.3. The van der Waals surface area contributed by atoms with Crippen LogP contribution in [0.25, 0.3) is 0 Å². The van der Waals surface area contributed by atoms with Crippen molar-refractivity contribution in [1.82, 2.24) is 0 Å². The number of hydrogen-bond acceptors (Lipinski definition) is 2. The molecule has 5 heteroatoms. The van der Waals surface area contributed by atoms with Crippen molar-refractivity contribution in [1.29, 1.82) is 0 Å². The van der Waals surface area contributed by atoms with Gasteiger partial charge in [0.05, 0.1) is 6.54 Å². The lowest BCUT2D eigenvalue weighted by Gasteiger charge is -1.73. The molecule has 3 N–H and O–H groups in total. The van der Waals surface area contributed by atoms with E-state index >= 15 is 0 Å². The predicted molar refractivity (Wildman–Crippen MR) is 31.1 cm³/mol. The number of aliphatic carboxylic acids is 1. The maximum absolute atomic E-state index is 9.24. The molecular formula is C2H7AlClNO2. The van der Waals surface area contributed by atoms with Crippen molar-refractivity contribution in [2.75, 3.05) is 6.54 Å². The van der Waals surface area contributed by atoms with E-state index in [1.54, 1.807) is 0 Å². The quantitative estimate of drug-likeness (QED) is 0.449. The Kier molecular flexibility index (Phi) is 14.0. The number of halogens is 1. The molecule has 0 unspecified atom stereocenters. The van der Waals surface area contributed by atoms with Crippen LogP contribution in [0, 0.1) is 0 Å². The molecule has 0 saturated heterocycles. The lowest BCUT2D eigenvalue weighted by molar-refractivity contribution is -0.135. The van der Waals surface area contributed by atoms with Crippen LogP contribution in [-0.4, -0.2) is 33.0 Å². The van der Waals surface area contributed by atoms with E-state index in [1.165, 1.54) is 0 Å². The van der Waals surface area contributed by atoms with E-state index in [9.17, 15) is 4.79 Å². The molecule has 0 aromatic heterocycles. The predicted octanol–water partition coefficient (Wildman–Crippen LogP) is -1.20. The van der Waals surface area contributed by atoms with Gasteiger partial charge in [0.2, 0.25) is 0 Å². The zero-order chi connectivity index (χ0) is 6.28. The molecule has 0 aromatic rings. The average Bonchev–Trinajstić information content (AvgIpc) is 1.73. The second-order valence-electron chi connectivity index (χ2n) is 0.598. The maximum atomic E-state index is 9.24. The Morgan fingerprint density at radius 2 is 2.00 bits per heavy atom. The van der Waals surface area contributed by atoms with E-state index in [-0.39, 0.29) is 6.54 Å². The Balaban J connectivity index is 0. The average molecular weight is 140 g/mol. The van der Waals surface area contributed by atoms with Gasteiger partial charge < -0.3 is 10.8 Å². The third-order valence-electron chi connectivity index (χ3n) is 0.175. The molecule has 0 aliphatic rings. The van der Waals surface area contributed by atoms with Crippen LogP contribution in [0.15, 0.2) is 0 Å². The van der Waals surface area contributed by atoms with Crippen molar-refractivity contribution in [3.8, 4) is 0 Å². The van der Waals surface area contributed by atoms with Crippen molar-refractivity contribution < 1.29 is 9.90 Å². The van der Waals surface area contributed by atoms with Crippen LogP contribution in [0.3, 0.4) is 0 Å². The summed E-state index contributed by atoms with van der Waals surface area (Å²) >= 11 is 0.778. The van der Waals surface area contributed by atoms with Crippen LogP contribution in [0.5, 0.6) is 0 Å². The highest BCUT2D eigenvalue weighted by atomic mass is 35.6. The van der Waals surface area contributed by atoms with Crippen molar-refractivity contribution in [2.24, 2.45) is 5.73 Å². The Bertz CT molecular complexity index is 51.0. The standard InChI is InChI=1S/C2H5NO2.Al.ClH.2H/c3-1-2(4)5;;;;/h1,3H2,(H,4,5);;1H;;/q;+1;;;/p-1. The summed E-state index contributed by atoms with van der Waals surface area (Å²) in [5, 5.41) is 7.60. The van der Waals surface area contributed by atoms with Crippen molar-refractivity contribution in [3.05, 3.63) is 0 Å². The molecular weight excluding hydrogens is 132 g/mol. The third kappa shape index (κ3) is 22.3. The molecule has 42 valence electrons. The minimum absolute atomic E-state index is 0.278. The third-order valence-corrected chi connectivity index (χ3v) is 0.175. The molecule has 0 aliphatic heterocycles. The summed E-state index contributed by atoms with van der Waals surface area (Å²) in [6, 6.07) is 0. The smallest absolute Gasteiger partial charge is 0.353 e. The summed E-state index contributed by atoms with van der Waals surface area (Å²) in [6.07, 6.45) is 0. The topological polar surface area (TPSA) is 63.3 Å². The molecule has 0 saturated carbocycles. The van der Waals surface area contributed by atoms with Crippen LogP contribution in [0.2, 0.25) is 0 Å². The summed E-state index contributed by atoms with van der Waals surface area (Å²) in [6.45, 7) is -0.278. The zero-order valence-corrected chi connectivity index (χ0v) is 6.77. The molecule has 7 heavy (non-hydrogen) atoms. The number of hydrogen-bond donors (Lipinski definition) is 2. The Morgan fingerprint density at radius 1 is 1.86 bits per heavy atom. The Labute approximate surface area is 54.1 Å². The van der Waals surface area contributed by atoms with Crippen LogP contribution in [0.4, 0.5) is 0 Å². The monoisotopic (exact) mass is 139 g/mol. The molecule has 0 aliphatic carbocycles. The van der Waals surface area contributed by atoms with E-state index < -0.39 is 5.97 Å². The molecule has 0 atom stereocenters. The number of carboxylic acids is 1. The van der Waals surface area contributed by atoms with Gasteiger partial charge in [0, 0.05) is 0 Å². The first-order valence-electron chi connectivity index (χ1n) is 1.57. The fourth-order valence-electron chi connectivity index (χ4n) is 0. The van der Waals surface area contributed by atoms with Gasteiger partial charge in [-0.3, -0.25) is 14.8 Å². The van der Waals surface area contributed by atoms with Gasteiger partial charge in [-0.05, 0) is 0 Å². The molecule has 0 rings (SSSR count). The molecule has 0 radical (unpaired) electrons. The molecule has 0 bridgehead atoms. The molecule has 0 fully saturated rings. The van der Waals surface area contributed by atoms with Gasteiger partial charge in [0.25, 0.3) is 0 Å². The van der Waals surface area contributed by atoms with Crippen LogP contribution >= 0.6 is 10.0 Å². The largest absolute Gasteiger partial charge is 0.480 e. The first-order valence-corrected chi connectivity index (χ1v) is 4.59. The zero-order valence-electron chi connectivity index (χ0n) is 4.02. The van der Waals surface area contributed by atoms with E-state index in [0.717, 1.165) is 15.4 Å². The van der Waals surface area contributed by atoms with Gasteiger partial charge in [0.15, 0.2) is 0 Å². The van der Waals surface area contributed by atoms with Gasteiger partial charge in [-0.1, -0.05) is 0 Å². The maximum Gasteiger partial charge on any atom is 0.353 e. The Morgan fingerprint density at radius 3 is 2.00 bits per heavy atom. The van der Waals surface area contributed by atoms with E-state index in [0.29, 0.717) is 0 Å². The highest BCUT2D eigenvalue weighted by Gasteiger charge is 1.81. The van der Waals surface area contributed by atoms with Crippen molar-refractivity contribution in [3.63, 3.8) is 0 Å². The number of carbonyl (C=O) groups is 1. The summed E-state index contributed by atoms with van der Waals surface area (Å²) in [4.78, 5) is 9.24. The fraction of sp³-hybridized carbons (Fsp3) is 0.500. The number of carboxylic acid groups (broad SMARTS) is 1. The minimum Gasteiger partial charge on any atom is -0.480 e. The molecule has 0 aromatic carbocycles. The summed E-state index contributed by atoms with van der Waals surface area (Å²) < 4.78 is 0. The van der Waals surface area contributed by atoms with Crippen molar-refractivity contribution >= 4 is 31.4 Å². The highest BCUT2D eigenvalue weighted by Crippen LogP contribution is 1.43. The molecule has 0 spiro atoms. The van der Waals surface area contributed by atoms with E-state index in [2.05, 4.69) is 5.73 Å². The molecule has 3 nitrogen and oxygen atoms in total.